The molecule has 5 rings (SSSR count). The number of nitrogens with zero attached hydrogens (tertiary/aromatic N) is 6. The molecule has 0 unspecified atom stereocenters. The Balaban J connectivity index is 1.30. The number of likely N-dealkylation sites (tertiary alicyclic amines) is 1. The summed E-state index contributed by atoms with van der Waals surface area (Å²) in [6.45, 7) is 3.85. The van der Waals surface area contributed by atoms with E-state index in [4.69, 9.17) is 9.63 Å². The Morgan fingerprint density at radius 2 is 2.00 bits per heavy atom. The minimum atomic E-state index is -0.722. The summed E-state index contributed by atoms with van der Waals surface area (Å²) in [5.41, 5.74) is 3.58. The molecule has 0 saturated carbocycles. The molecule has 1 N–H and O–H groups in total. The Labute approximate surface area is 178 Å². The Kier molecular flexibility index (Phi) is 4.79. The lowest BCUT2D eigenvalue weighted by Crippen LogP contribution is -2.49. The van der Waals surface area contributed by atoms with Gasteiger partial charge in [-0.2, -0.15) is 10.1 Å². The van der Waals surface area contributed by atoms with Crippen molar-refractivity contribution < 1.29 is 14.4 Å². The molecule has 156 valence electrons. The molecule has 1 aromatic carbocycles. The third-order valence-corrected chi connectivity index (χ3v) is 5.46. The molecule has 0 radical (unpaired) electrons. The minimum Gasteiger partial charge on any atom is -0.481 e. The maximum Gasteiger partial charge on any atom is 0.309 e. The number of benzene rings is 1. The number of pyridine rings is 1. The Morgan fingerprint density at radius 3 is 2.71 bits per heavy atom. The van der Waals surface area contributed by atoms with Gasteiger partial charge in [0.2, 0.25) is 5.82 Å². The highest BCUT2D eigenvalue weighted by Crippen LogP contribution is 2.26. The van der Waals surface area contributed by atoms with E-state index in [0.717, 1.165) is 34.7 Å². The largest absolute Gasteiger partial charge is 0.481 e. The average molecular weight is 416 g/mol. The maximum atomic E-state index is 10.9. The van der Waals surface area contributed by atoms with E-state index >= 15 is 0 Å². The van der Waals surface area contributed by atoms with Crippen molar-refractivity contribution in [2.45, 2.75) is 13.5 Å². The quantitative estimate of drug-likeness (QED) is 0.511. The van der Waals surface area contributed by atoms with E-state index in [1.165, 1.54) is 0 Å². The van der Waals surface area contributed by atoms with Crippen LogP contribution in [0.3, 0.4) is 0 Å². The van der Waals surface area contributed by atoms with Gasteiger partial charge >= 0.3 is 5.97 Å². The van der Waals surface area contributed by atoms with Gasteiger partial charge in [0.1, 0.15) is 0 Å². The maximum absolute atomic E-state index is 10.9. The van der Waals surface area contributed by atoms with Gasteiger partial charge in [-0.3, -0.25) is 9.69 Å². The van der Waals surface area contributed by atoms with E-state index in [0.29, 0.717) is 24.8 Å². The number of carboxylic acid groups (broad SMARTS) is 1. The average Bonchev–Trinajstić information content (AvgIpc) is 3.38. The predicted molar refractivity (Wildman–Crippen MR) is 111 cm³/mol. The first kappa shape index (κ1) is 19.1. The molecule has 3 aromatic heterocycles. The van der Waals surface area contributed by atoms with Crippen LogP contribution in [0.4, 0.5) is 0 Å². The van der Waals surface area contributed by atoms with E-state index in [1.54, 1.807) is 17.1 Å². The molecule has 9 nitrogen and oxygen atoms in total. The number of hydrogen-bond acceptors (Lipinski definition) is 7. The summed E-state index contributed by atoms with van der Waals surface area (Å²) in [6.07, 6.45) is 3.42. The summed E-state index contributed by atoms with van der Waals surface area (Å²) >= 11 is 0. The Morgan fingerprint density at radius 1 is 1.19 bits per heavy atom. The number of carbonyl (C=O) groups is 1. The summed E-state index contributed by atoms with van der Waals surface area (Å²) in [4.78, 5) is 21.9. The number of hydrogen-bond donors (Lipinski definition) is 1. The fourth-order valence-corrected chi connectivity index (χ4v) is 3.65. The SMILES string of the molecule is Cc1c(-c2nc(-c3ccc(CN4CC(C(=O)O)C4)cc3)no2)cnn1-c1ccccn1. The highest BCUT2D eigenvalue weighted by molar-refractivity contribution is 5.71. The van der Waals surface area contributed by atoms with Crippen molar-refractivity contribution >= 4 is 5.97 Å². The minimum absolute atomic E-state index is 0.248. The molecule has 0 amide bonds. The first-order chi connectivity index (χ1) is 15.1. The Hall–Kier alpha value is -3.85. The van der Waals surface area contributed by atoms with Crippen molar-refractivity contribution in [1.82, 2.24) is 29.8 Å². The lowest BCUT2D eigenvalue weighted by molar-refractivity contribution is -0.147. The van der Waals surface area contributed by atoms with Crippen LogP contribution in [-0.4, -0.2) is 54.0 Å². The summed E-state index contributed by atoms with van der Waals surface area (Å²) in [5.74, 6) is 0.654. The fraction of sp³-hybridized carbons (Fsp3) is 0.227. The molecule has 1 saturated heterocycles. The van der Waals surface area contributed by atoms with Crippen LogP contribution in [0, 0.1) is 12.8 Å². The zero-order valence-corrected chi connectivity index (χ0v) is 16.8. The van der Waals surface area contributed by atoms with Gasteiger partial charge < -0.3 is 9.63 Å². The van der Waals surface area contributed by atoms with Crippen molar-refractivity contribution in [3.05, 3.63) is 66.1 Å². The molecule has 31 heavy (non-hydrogen) atoms. The third kappa shape index (κ3) is 3.71. The highest BCUT2D eigenvalue weighted by atomic mass is 16.5. The third-order valence-electron chi connectivity index (χ3n) is 5.46. The van der Waals surface area contributed by atoms with Gasteiger partial charge in [-0.05, 0) is 24.6 Å². The van der Waals surface area contributed by atoms with Crippen molar-refractivity contribution in [3.63, 3.8) is 0 Å². The first-order valence-corrected chi connectivity index (χ1v) is 9.93. The predicted octanol–water partition coefficient (Wildman–Crippen LogP) is 2.81. The van der Waals surface area contributed by atoms with Crippen LogP contribution in [0.25, 0.3) is 28.7 Å². The van der Waals surface area contributed by atoms with Crippen LogP contribution < -0.4 is 0 Å². The van der Waals surface area contributed by atoms with Crippen molar-refractivity contribution in [2.24, 2.45) is 5.92 Å². The summed E-state index contributed by atoms with van der Waals surface area (Å²) in [5, 5.41) is 17.5. The molecular weight excluding hydrogens is 396 g/mol. The van der Waals surface area contributed by atoms with E-state index in [2.05, 4.69) is 25.1 Å². The van der Waals surface area contributed by atoms with E-state index in [-0.39, 0.29) is 5.92 Å². The molecule has 1 aliphatic rings. The molecule has 1 aliphatic heterocycles. The van der Waals surface area contributed by atoms with Crippen molar-refractivity contribution in [2.75, 3.05) is 13.1 Å². The zero-order valence-electron chi connectivity index (χ0n) is 16.8. The van der Waals surface area contributed by atoms with Gasteiger partial charge in [0.05, 0.1) is 23.4 Å². The lowest BCUT2D eigenvalue weighted by atomic mass is 9.99. The van der Waals surface area contributed by atoms with Crippen LogP contribution in [0.15, 0.2) is 59.4 Å². The van der Waals surface area contributed by atoms with Gasteiger partial charge in [-0.1, -0.05) is 35.5 Å². The van der Waals surface area contributed by atoms with Crippen LogP contribution in [0.5, 0.6) is 0 Å². The van der Waals surface area contributed by atoms with Crippen LogP contribution >= 0.6 is 0 Å². The number of aliphatic carboxylic acids is 1. The monoisotopic (exact) mass is 416 g/mol. The van der Waals surface area contributed by atoms with Crippen molar-refractivity contribution in [1.29, 1.82) is 0 Å². The lowest BCUT2D eigenvalue weighted by Gasteiger charge is -2.36. The standard InChI is InChI=1S/C22H20N6O3/c1-14-18(10-24-28(14)19-4-2-3-9-23-19)21-25-20(26-31-21)16-7-5-15(6-8-16)11-27-12-17(13-27)22(29)30/h2-10,17H,11-13H2,1H3,(H,29,30). The summed E-state index contributed by atoms with van der Waals surface area (Å²) in [7, 11) is 0. The molecule has 9 heteroatoms. The second-order valence-electron chi connectivity index (χ2n) is 7.59. The van der Waals surface area contributed by atoms with E-state index in [9.17, 15) is 4.79 Å². The molecule has 4 aromatic rings. The molecule has 4 heterocycles. The fourth-order valence-electron chi connectivity index (χ4n) is 3.65. The highest BCUT2D eigenvalue weighted by Gasteiger charge is 2.32. The normalized spacial score (nSPS) is 14.5. The van der Waals surface area contributed by atoms with Crippen LogP contribution in [0.2, 0.25) is 0 Å². The number of carboxylic acids is 1. The molecule has 0 spiro atoms. The van der Waals surface area contributed by atoms with E-state index in [1.807, 2.05) is 49.4 Å². The molecule has 1 fully saturated rings. The second-order valence-corrected chi connectivity index (χ2v) is 7.59. The molecule has 0 bridgehead atoms. The topological polar surface area (TPSA) is 110 Å². The van der Waals surface area contributed by atoms with Gasteiger partial charge in [-0.15, -0.1) is 0 Å². The summed E-state index contributed by atoms with van der Waals surface area (Å²) < 4.78 is 7.23. The smallest absolute Gasteiger partial charge is 0.309 e. The zero-order chi connectivity index (χ0) is 21.4. The van der Waals surface area contributed by atoms with E-state index < -0.39 is 5.97 Å². The van der Waals surface area contributed by atoms with Gasteiger partial charge in [0, 0.05) is 31.4 Å². The first-order valence-electron chi connectivity index (χ1n) is 9.93. The number of aromatic nitrogens is 5. The van der Waals surface area contributed by atoms with Crippen LogP contribution in [-0.2, 0) is 11.3 Å². The summed E-state index contributed by atoms with van der Waals surface area (Å²) in [6, 6.07) is 13.5. The Bertz CT molecular complexity index is 1210. The molecule has 0 atom stereocenters. The molecular formula is C22H20N6O3. The number of rotatable bonds is 6. The van der Waals surface area contributed by atoms with Crippen molar-refractivity contribution in [3.8, 4) is 28.7 Å². The second kappa shape index (κ2) is 7.77. The molecule has 0 aliphatic carbocycles. The van der Waals surface area contributed by atoms with Gasteiger partial charge in [0.15, 0.2) is 5.82 Å². The van der Waals surface area contributed by atoms with Gasteiger partial charge in [-0.25, -0.2) is 9.67 Å². The van der Waals surface area contributed by atoms with Crippen LogP contribution in [0.1, 0.15) is 11.3 Å². The van der Waals surface area contributed by atoms with Gasteiger partial charge in [0.25, 0.3) is 5.89 Å².